The molecule has 0 saturated carbocycles. The van der Waals surface area contributed by atoms with Gasteiger partial charge in [0.1, 0.15) is 6.04 Å². The molecule has 3 heterocycles. The zero-order valence-electron chi connectivity index (χ0n) is 12.4. The monoisotopic (exact) mass is 310 g/mol. The lowest BCUT2D eigenvalue weighted by molar-refractivity contribution is -0.142. The second-order valence-electron chi connectivity index (χ2n) is 5.59. The summed E-state index contributed by atoms with van der Waals surface area (Å²) < 4.78 is 10.6. The van der Waals surface area contributed by atoms with Gasteiger partial charge in [-0.2, -0.15) is 0 Å². The Morgan fingerprint density at radius 1 is 1.43 bits per heavy atom. The highest BCUT2D eigenvalue weighted by molar-refractivity contribution is 7.10. The van der Waals surface area contributed by atoms with Crippen LogP contribution in [0.5, 0.6) is 0 Å². The van der Waals surface area contributed by atoms with E-state index >= 15 is 0 Å². The van der Waals surface area contributed by atoms with Crippen LogP contribution in [0.25, 0.3) is 0 Å². The van der Waals surface area contributed by atoms with Crippen molar-refractivity contribution in [2.45, 2.75) is 18.5 Å². The molecule has 0 aromatic carbocycles. The van der Waals surface area contributed by atoms with Crippen LogP contribution in [0.2, 0.25) is 0 Å². The largest absolute Gasteiger partial charge is 0.464 e. The molecule has 2 aliphatic heterocycles. The Labute approximate surface area is 129 Å². The van der Waals surface area contributed by atoms with Gasteiger partial charge in [0, 0.05) is 30.9 Å². The number of thiophene rings is 1. The van der Waals surface area contributed by atoms with Gasteiger partial charge in [0.05, 0.1) is 25.9 Å². The van der Waals surface area contributed by atoms with Crippen LogP contribution in [-0.4, -0.2) is 68.3 Å². The summed E-state index contributed by atoms with van der Waals surface area (Å²) in [6, 6.07) is 4.52. The van der Waals surface area contributed by atoms with Crippen molar-refractivity contribution in [1.29, 1.82) is 0 Å². The molecule has 1 aromatic heterocycles. The number of carbonyl (C=O) groups excluding carboxylic acids is 1. The molecule has 1 aromatic rings. The molecule has 0 aliphatic carbocycles. The average Bonchev–Trinajstić information content (AvgIpc) is 3.17. The fourth-order valence-electron chi connectivity index (χ4n) is 3.04. The van der Waals surface area contributed by atoms with Crippen molar-refractivity contribution in [3.05, 3.63) is 22.4 Å². The number of ether oxygens (including phenoxy) is 2. The number of likely N-dealkylation sites (N-methyl/N-ethyl adjacent to an activating group) is 1. The lowest BCUT2D eigenvalue weighted by Gasteiger charge is -2.37. The lowest BCUT2D eigenvalue weighted by Crippen LogP contribution is -2.45. The topological polar surface area (TPSA) is 42.0 Å². The number of nitrogens with zero attached hydrogens (tertiary/aromatic N) is 2. The number of carbonyl (C=O) groups is 1. The Bertz CT molecular complexity index is 459. The summed E-state index contributed by atoms with van der Waals surface area (Å²) in [7, 11) is 2.03. The smallest absolute Gasteiger partial charge is 0.323 e. The zero-order valence-corrected chi connectivity index (χ0v) is 13.2. The lowest BCUT2D eigenvalue weighted by atomic mass is 10.1. The van der Waals surface area contributed by atoms with Gasteiger partial charge in [-0.1, -0.05) is 6.07 Å². The fraction of sp³-hybridized carbons (Fsp3) is 0.667. The Morgan fingerprint density at radius 2 is 2.24 bits per heavy atom. The van der Waals surface area contributed by atoms with Gasteiger partial charge in [0.25, 0.3) is 0 Å². The fourth-order valence-corrected chi connectivity index (χ4v) is 3.89. The van der Waals surface area contributed by atoms with E-state index < -0.39 is 0 Å². The van der Waals surface area contributed by atoms with E-state index in [0.717, 1.165) is 39.3 Å². The van der Waals surface area contributed by atoms with E-state index in [2.05, 4.69) is 27.3 Å². The molecule has 2 atom stereocenters. The van der Waals surface area contributed by atoms with Crippen LogP contribution >= 0.6 is 11.3 Å². The van der Waals surface area contributed by atoms with E-state index in [4.69, 9.17) is 9.47 Å². The SMILES string of the molecule is CN(CC(c1cccs1)N1CCOCC1)C1CCOC1=O. The number of cyclic esters (lactones) is 1. The normalized spacial score (nSPS) is 25.2. The Kier molecular flexibility index (Phi) is 4.90. The predicted octanol–water partition coefficient (Wildman–Crippen LogP) is 1.37. The van der Waals surface area contributed by atoms with E-state index in [-0.39, 0.29) is 12.0 Å². The third-order valence-electron chi connectivity index (χ3n) is 4.26. The molecule has 21 heavy (non-hydrogen) atoms. The molecule has 0 radical (unpaired) electrons. The van der Waals surface area contributed by atoms with E-state index in [1.165, 1.54) is 4.88 Å². The van der Waals surface area contributed by atoms with E-state index in [1.807, 2.05) is 7.05 Å². The standard InChI is InChI=1S/C15H22N2O3S/c1-16(12-4-7-20-15(12)18)11-13(14-3-2-10-21-14)17-5-8-19-9-6-17/h2-3,10,12-13H,4-9,11H2,1H3. The zero-order chi connectivity index (χ0) is 14.7. The van der Waals surface area contributed by atoms with Gasteiger partial charge in [-0.15, -0.1) is 11.3 Å². The molecule has 0 spiro atoms. The van der Waals surface area contributed by atoms with E-state index in [0.29, 0.717) is 12.6 Å². The van der Waals surface area contributed by atoms with Crippen LogP contribution in [0.3, 0.4) is 0 Å². The maximum absolute atomic E-state index is 11.8. The van der Waals surface area contributed by atoms with Gasteiger partial charge in [0.15, 0.2) is 0 Å². The van der Waals surface area contributed by atoms with Crippen molar-refractivity contribution >= 4 is 17.3 Å². The first-order valence-electron chi connectivity index (χ1n) is 7.48. The average molecular weight is 310 g/mol. The third-order valence-corrected chi connectivity index (χ3v) is 5.23. The summed E-state index contributed by atoms with van der Waals surface area (Å²) in [5.74, 6) is -0.0793. The molecule has 2 aliphatic rings. The van der Waals surface area contributed by atoms with Crippen molar-refractivity contribution in [2.75, 3.05) is 46.5 Å². The minimum atomic E-state index is -0.0893. The number of esters is 1. The van der Waals surface area contributed by atoms with Crippen LogP contribution in [-0.2, 0) is 14.3 Å². The maximum atomic E-state index is 11.8. The van der Waals surface area contributed by atoms with Crippen molar-refractivity contribution in [3.8, 4) is 0 Å². The molecule has 0 bridgehead atoms. The maximum Gasteiger partial charge on any atom is 0.323 e. The van der Waals surface area contributed by atoms with E-state index in [1.54, 1.807) is 11.3 Å². The summed E-state index contributed by atoms with van der Waals surface area (Å²) in [5, 5.41) is 2.12. The predicted molar refractivity (Wildman–Crippen MR) is 81.4 cm³/mol. The number of rotatable bonds is 5. The second kappa shape index (κ2) is 6.87. The highest BCUT2D eigenvalue weighted by atomic mass is 32.1. The van der Waals surface area contributed by atoms with Gasteiger partial charge in [-0.05, 0) is 18.5 Å². The van der Waals surface area contributed by atoms with Gasteiger partial charge in [-0.25, -0.2) is 0 Å². The van der Waals surface area contributed by atoms with E-state index in [9.17, 15) is 4.79 Å². The third kappa shape index (κ3) is 3.45. The first-order valence-corrected chi connectivity index (χ1v) is 8.36. The van der Waals surface area contributed by atoms with Crippen LogP contribution in [0, 0.1) is 0 Å². The van der Waals surface area contributed by atoms with Gasteiger partial charge >= 0.3 is 5.97 Å². The van der Waals surface area contributed by atoms with Crippen LogP contribution < -0.4 is 0 Å². The minimum Gasteiger partial charge on any atom is -0.464 e. The van der Waals surface area contributed by atoms with Crippen molar-refractivity contribution in [2.24, 2.45) is 0 Å². The molecular weight excluding hydrogens is 288 g/mol. The quantitative estimate of drug-likeness (QED) is 0.769. The molecule has 2 unspecified atom stereocenters. The molecule has 0 amide bonds. The first-order chi connectivity index (χ1) is 10.3. The minimum absolute atomic E-state index is 0.0793. The van der Waals surface area contributed by atoms with Gasteiger partial charge in [-0.3, -0.25) is 14.6 Å². The summed E-state index contributed by atoms with van der Waals surface area (Å²) >= 11 is 1.78. The Balaban J connectivity index is 1.71. The van der Waals surface area contributed by atoms with Gasteiger partial charge < -0.3 is 9.47 Å². The Morgan fingerprint density at radius 3 is 2.86 bits per heavy atom. The Hall–Kier alpha value is -0.950. The van der Waals surface area contributed by atoms with Crippen molar-refractivity contribution in [1.82, 2.24) is 9.80 Å². The summed E-state index contributed by atoms with van der Waals surface area (Å²) in [4.78, 5) is 17.7. The molecule has 5 nitrogen and oxygen atoms in total. The number of morpholine rings is 1. The molecule has 116 valence electrons. The van der Waals surface area contributed by atoms with Crippen LogP contribution in [0.1, 0.15) is 17.3 Å². The van der Waals surface area contributed by atoms with Crippen LogP contribution in [0.4, 0.5) is 0 Å². The second-order valence-corrected chi connectivity index (χ2v) is 6.57. The summed E-state index contributed by atoms with van der Waals surface area (Å²) in [6.07, 6.45) is 0.801. The molecule has 2 saturated heterocycles. The van der Waals surface area contributed by atoms with Crippen molar-refractivity contribution < 1.29 is 14.3 Å². The van der Waals surface area contributed by atoms with Gasteiger partial charge in [0.2, 0.25) is 0 Å². The molecule has 2 fully saturated rings. The van der Waals surface area contributed by atoms with Crippen molar-refractivity contribution in [3.63, 3.8) is 0 Å². The highest BCUT2D eigenvalue weighted by Gasteiger charge is 2.33. The summed E-state index contributed by atoms with van der Waals surface area (Å²) in [6.45, 7) is 4.88. The first kappa shape index (κ1) is 15.0. The molecule has 0 N–H and O–H groups in total. The van der Waals surface area contributed by atoms with Crippen LogP contribution in [0.15, 0.2) is 17.5 Å². The molecule has 6 heteroatoms. The summed E-state index contributed by atoms with van der Waals surface area (Å²) in [5.41, 5.74) is 0. The number of hydrogen-bond donors (Lipinski definition) is 0. The highest BCUT2D eigenvalue weighted by Crippen LogP contribution is 2.28. The molecular formula is C15H22N2O3S. The molecule has 3 rings (SSSR count). The number of hydrogen-bond acceptors (Lipinski definition) is 6.